The van der Waals surface area contributed by atoms with Crippen LogP contribution < -0.4 is 11.5 Å². The number of phenolic OH excluding ortho intramolecular Hbond substituents is 1. The Labute approximate surface area is 209 Å². The first-order valence-corrected chi connectivity index (χ1v) is 12.0. The summed E-state index contributed by atoms with van der Waals surface area (Å²) in [4.78, 5) is 67.6. The Morgan fingerprint density at radius 2 is 1.78 bits per heavy atom. The van der Waals surface area contributed by atoms with E-state index in [0.717, 1.165) is 0 Å². The second kappa shape index (κ2) is 8.29. The van der Waals surface area contributed by atoms with Gasteiger partial charge in [-0.2, -0.15) is 0 Å². The van der Waals surface area contributed by atoms with E-state index in [2.05, 4.69) is 0 Å². The maximum absolute atomic E-state index is 13.9. The highest BCUT2D eigenvalue weighted by atomic mass is 16.3. The predicted molar refractivity (Wildman–Crippen MR) is 128 cm³/mol. The molecule has 0 heterocycles. The number of hydrogen-bond donors (Lipinski definition) is 4. The second-order valence-electron chi connectivity index (χ2n) is 11.5. The normalized spacial score (nSPS) is 32.3. The van der Waals surface area contributed by atoms with Crippen LogP contribution in [0.15, 0.2) is 6.07 Å². The molecule has 0 spiro atoms. The number of Topliss-reactive ketones (excluding diaryl/α,β-unsaturated/α-hetero) is 4. The van der Waals surface area contributed by atoms with Gasteiger partial charge in [-0.05, 0) is 55.5 Å². The van der Waals surface area contributed by atoms with Gasteiger partial charge in [0.05, 0.1) is 17.5 Å². The van der Waals surface area contributed by atoms with Gasteiger partial charge in [0.1, 0.15) is 5.75 Å². The molecule has 1 aromatic carbocycles. The number of hydrogen-bond acceptors (Lipinski definition) is 9. The van der Waals surface area contributed by atoms with Gasteiger partial charge in [0.2, 0.25) is 5.91 Å². The maximum atomic E-state index is 13.9. The van der Waals surface area contributed by atoms with Crippen LogP contribution in [0.1, 0.15) is 54.2 Å². The van der Waals surface area contributed by atoms with Crippen molar-refractivity contribution in [3.05, 3.63) is 28.3 Å². The molecule has 1 amide bonds. The van der Waals surface area contributed by atoms with Gasteiger partial charge < -0.3 is 21.7 Å². The van der Waals surface area contributed by atoms with Crippen molar-refractivity contribution in [2.75, 3.05) is 14.1 Å². The molecule has 194 valence electrons. The first-order chi connectivity index (χ1) is 16.6. The Balaban J connectivity index is 1.91. The Bertz CT molecular complexity index is 1210. The average Bonchev–Trinajstić information content (AvgIpc) is 2.75. The number of fused-ring (bicyclic) bond motifs is 3. The Morgan fingerprint density at radius 3 is 2.28 bits per heavy atom. The summed E-state index contributed by atoms with van der Waals surface area (Å²) in [5.41, 5.74) is 9.76. The van der Waals surface area contributed by atoms with E-state index < -0.39 is 69.8 Å². The minimum absolute atomic E-state index is 0.00961. The van der Waals surface area contributed by atoms with Crippen LogP contribution in [0.3, 0.4) is 0 Å². The van der Waals surface area contributed by atoms with E-state index in [1.807, 2.05) is 20.8 Å². The summed E-state index contributed by atoms with van der Waals surface area (Å²) in [6.07, 6.45) is 0.214. The van der Waals surface area contributed by atoms with Gasteiger partial charge in [0.15, 0.2) is 34.7 Å². The summed E-state index contributed by atoms with van der Waals surface area (Å²) in [5.74, 6) is -10.5. The average molecular weight is 500 g/mol. The third-order valence-corrected chi connectivity index (χ3v) is 8.18. The lowest BCUT2D eigenvalue weighted by Gasteiger charge is -2.52. The SMILES string of the molecule is CN(C)C1C(=O)C(C(N)=O)C(=O)[C@@]2(O)C(=O)C3C(=O)c4c(O)c(C(C)(C)C)cc(CN)c4C[C@H]3C[C@@H]12. The van der Waals surface area contributed by atoms with Crippen LogP contribution in [0, 0.1) is 23.7 Å². The van der Waals surface area contributed by atoms with Gasteiger partial charge in [0, 0.05) is 18.0 Å². The van der Waals surface area contributed by atoms with Crippen molar-refractivity contribution in [1.82, 2.24) is 4.90 Å². The highest BCUT2D eigenvalue weighted by molar-refractivity contribution is 6.32. The summed E-state index contributed by atoms with van der Waals surface area (Å²) in [5, 5.41) is 22.8. The highest BCUT2D eigenvalue weighted by Crippen LogP contribution is 2.52. The van der Waals surface area contributed by atoms with Gasteiger partial charge in [-0.25, -0.2) is 0 Å². The molecule has 0 bridgehead atoms. The number of nitrogens with zero attached hydrogens (tertiary/aromatic N) is 1. The van der Waals surface area contributed by atoms with Crippen LogP contribution in [0.25, 0.3) is 0 Å². The molecule has 6 atom stereocenters. The number of rotatable bonds is 3. The molecular weight excluding hydrogens is 466 g/mol. The van der Waals surface area contributed by atoms with Crippen molar-refractivity contribution in [2.24, 2.45) is 35.1 Å². The molecule has 0 saturated heterocycles. The number of benzene rings is 1. The van der Waals surface area contributed by atoms with Crippen LogP contribution in [0.2, 0.25) is 0 Å². The van der Waals surface area contributed by atoms with Gasteiger partial charge >= 0.3 is 0 Å². The molecule has 3 aliphatic carbocycles. The number of carbonyl (C=O) groups excluding carboxylic acids is 5. The summed E-state index contributed by atoms with van der Waals surface area (Å²) < 4.78 is 0. The molecular formula is C26H33N3O7. The third-order valence-electron chi connectivity index (χ3n) is 8.18. The van der Waals surface area contributed by atoms with Crippen molar-refractivity contribution in [3.8, 4) is 5.75 Å². The van der Waals surface area contributed by atoms with Gasteiger partial charge in [0.25, 0.3) is 0 Å². The molecule has 10 heteroatoms. The lowest BCUT2D eigenvalue weighted by Crippen LogP contribution is -2.74. The minimum atomic E-state index is -2.73. The van der Waals surface area contributed by atoms with Crippen molar-refractivity contribution < 1.29 is 34.2 Å². The minimum Gasteiger partial charge on any atom is -0.507 e. The maximum Gasteiger partial charge on any atom is 0.235 e. The number of amides is 1. The van der Waals surface area contributed by atoms with E-state index in [1.54, 1.807) is 20.2 Å². The molecule has 6 N–H and O–H groups in total. The fourth-order valence-electron chi connectivity index (χ4n) is 6.50. The first kappa shape index (κ1) is 26.1. The summed E-state index contributed by atoms with van der Waals surface area (Å²) >= 11 is 0. The van der Waals surface area contributed by atoms with Crippen LogP contribution in [-0.2, 0) is 37.6 Å². The van der Waals surface area contributed by atoms with Crippen molar-refractivity contribution in [2.45, 2.75) is 57.2 Å². The number of likely N-dealkylation sites (N-methyl/N-ethyl adjacent to an activating group) is 1. The number of aliphatic hydroxyl groups is 1. The first-order valence-electron chi connectivity index (χ1n) is 12.0. The molecule has 10 nitrogen and oxygen atoms in total. The van der Waals surface area contributed by atoms with Crippen LogP contribution >= 0.6 is 0 Å². The number of phenols is 1. The Kier molecular flexibility index (Phi) is 6.02. The van der Waals surface area contributed by atoms with Crippen LogP contribution in [0.5, 0.6) is 5.75 Å². The zero-order valence-electron chi connectivity index (χ0n) is 21.1. The zero-order chi connectivity index (χ0) is 27.1. The molecule has 3 unspecified atom stereocenters. The molecule has 36 heavy (non-hydrogen) atoms. The standard InChI is InChI=1S/C26H33N3O7/c1-25(2,3)14-8-11(9-27)12-6-10-7-13-18(29(4)5)21(32)17(24(28)35)23(34)26(13,36)22(33)15(10)20(31)16(12)19(14)30/h8,10,13,15,17-18,30,36H,6-7,9,27H2,1-5H3,(H2,28,35)/t10-,13-,15?,17?,18?,26-/m0/s1. The van der Waals surface area contributed by atoms with Crippen LogP contribution in [0.4, 0.5) is 0 Å². The number of primary amides is 1. The predicted octanol–water partition coefficient (Wildman–Crippen LogP) is -0.377. The van der Waals surface area contributed by atoms with Gasteiger partial charge in [-0.1, -0.05) is 20.8 Å². The lowest BCUT2D eigenvalue weighted by atomic mass is 9.52. The Morgan fingerprint density at radius 1 is 1.17 bits per heavy atom. The van der Waals surface area contributed by atoms with Gasteiger partial charge in [-0.15, -0.1) is 0 Å². The molecule has 2 saturated carbocycles. The van der Waals surface area contributed by atoms with Crippen LogP contribution in [-0.4, -0.2) is 69.9 Å². The molecule has 0 aromatic heterocycles. The highest BCUT2D eigenvalue weighted by Gasteiger charge is 2.69. The van der Waals surface area contributed by atoms with Crippen molar-refractivity contribution >= 4 is 29.0 Å². The fraction of sp³-hybridized carbons (Fsp3) is 0.577. The van der Waals surface area contributed by atoms with E-state index in [1.165, 1.54) is 4.90 Å². The fourth-order valence-corrected chi connectivity index (χ4v) is 6.50. The number of nitrogens with two attached hydrogens (primary N) is 2. The van der Waals surface area contributed by atoms with Crippen molar-refractivity contribution in [3.63, 3.8) is 0 Å². The second-order valence-corrected chi connectivity index (χ2v) is 11.5. The Hall–Kier alpha value is -2.95. The van der Waals surface area contributed by atoms with E-state index >= 15 is 0 Å². The summed E-state index contributed by atoms with van der Waals surface area (Å²) in [6.45, 7) is 5.71. The van der Waals surface area contributed by atoms with E-state index in [0.29, 0.717) is 16.7 Å². The molecule has 0 radical (unpaired) electrons. The largest absolute Gasteiger partial charge is 0.507 e. The summed E-state index contributed by atoms with van der Waals surface area (Å²) in [6, 6.07) is 0.647. The van der Waals surface area contributed by atoms with E-state index in [4.69, 9.17) is 11.5 Å². The topological polar surface area (TPSA) is 181 Å². The van der Waals surface area contributed by atoms with Gasteiger partial charge in [-0.3, -0.25) is 28.9 Å². The quantitative estimate of drug-likeness (QED) is 0.403. The smallest absolute Gasteiger partial charge is 0.235 e. The summed E-state index contributed by atoms with van der Waals surface area (Å²) in [7, 11) is 3.10. The molecule has 4 rings (SSSR count). The number of aromatic hydroxyl groups is 1. The van der Waals surface area contributed by atoms with Crippen molar-refractivity contribution in [1.29, 1.82) is 0 Å². The van der Waals surface area contributed by atoms with E-state index in [-0.39, 0.29) is 30.7 Å². The monoisotopic (exact) mass is 499 g/mol. The number of ketones is 4. The van der Waals surface area contributed by atoms with E-state index in [9.17, 15) is 34.2 Å². The third kappa shape index (κ3) is 3.38. The molecule has 0 aliphatic heterocycles. The lowest BCUT2D eigenvalue weighted by molar-refractivity contribution is -0.181. The molecule has 3 aliphatic rings. The number of carbonyl (C=O) groups is 5. The molecule has 2 fully saturated rings. The molecule has 1 aromatic rings. The zero-order valence-corrected chi connectivity index (χ0v) is 21.1.